The largest absolute Gasteiger partial charge is 0.356 e. The second-order valence-electron chi connectivity index (χ2n) is 6.22. The summed E-state index contributed by atoms with van der Waals surface area (Å²) >= 11 is 0. The third-order valence-corrected chi connectivity index (χ3v) is 5.06. The van der Waals surface area contributed by atoms with Gasteiger partial charge in [-0.05, 0) is 17.5 Å². The van der Waals surface area contributed by atoms with E-state index in [0.717, 1.165) is 13.0 Å². The Bertz CT molecular complexity index is 757. The van der Waals surface area contributed by atoms with Crippen LogP contribution in [0.3, 0.4) is 0 Å². The summed E-state index contributed by atoms with van der Waals surface area (Å²) in [6.45, 7) is 1.08. The first-order valence-corrected chi connectivity index (χ1v) is 10.8. The number of hydrogen-bond acceptors (Lipinski definition) is 3. The van der Waals surface area contributed by atoms with Gasteiger partial charge in [0.05, 0.1) is 5.75 Å². The monoisotopic (exact) mass is 501 g/mol. The summed E-state index contributed by atoms with van der Waals surface area (Å²) in [6, 6.07) is 20.9. The van der Waals surface area contributed by atoms with Crippen molar-refractivity contribution in [3.8, 4) is 0 Å². The lowest BCUT2D eigenvalue weighted by atomic mass is 9.88. The zero-order valence-corrected chi connectivity index (χ0v) is 18.9. The Balaban J connectivity index is 0.00000364. The van der Waals surface area contributed by atoms with Crippen LogP contribution in [-0.2, 0) is 9.84 Å². The molecule has 2 rings (SSSR count). The molecule has 0 saturated carbocycles. The third kappa shape index (κ3) is 8.75. The molecule has 0 heterocycles. The van der Waals surface area contributed by atoms with Crippen molar-refractivity contribution in [2.45, 2.75) is 12.3 Å². The van der Waals surface area contributed by atoms with Crippen LogP contribution < -0.4 is 10.6 Å². The summed E-state index contributed by atoms with van der Waals surface area (Å²) in [7, 11) is -1.30. The molecule has 148 valence electrons. The zero-order valence-electron chi connectivity index (χ0n) is 15.8. The molecule has 27 heavy (non-hydrogen) atoms. The maximum Gasteiger partial charge on any atom is 0.191 e. The topological polar surface area (TPSA) is 70.6 Å². The number of sulfone groups is 1. The van der Waals surface area contributed by atoms with Gasteiger partial charge in [0, 0.05) is 32.3 Å². The maximum absolute atomic E-state index is 11.2. The van der Waals surface area contributed by atoms with Crippen LogP contribution in [0.25, 0.3) is 0 Å². The molecular formula is C20H28IN3O2S. The van der Waals surface area contributed by atoms with Gasteiger partial charge in [0.2, 0.25) is 0 Å². The highest BCUT2D eigenvalue weighted by molar-refractivity contribution is 14.0. The Morgan fingerprint density at radius 3 is 1.85 bits per heavy atom. The van der Waals surface area contributed by atoms with Crippen molar-refractivity contribution in [2.75, 3.05) is 32.1 Å². The van der Waals surface area contributed by atoms with E-state index in [2.05, 4.69) is 64.2 Å². The second kappa shape index (κ2) is 12.0. The van der Waals surface area contributed by atoms with Gasteiger partial charge in [-0.25, -0.2) is 8.42 Å². The highest BCUT2D eigenvalue weighted by atomic mass is 127. The van der Waals surface area contributed by atoms with Crippen molar-refractivity contribution in [1.29, 1.82) is 0 Å². The van der Waals surface area contributed by atoms with Gasteiger partial charge < -0.3 is 10.6 Å². The van der Waals surface area contributed by atoms with E-state index >= 15 is 0 Å². The van der Waals surface area contributed by atoms with E-state index in [1.54, 1.807) is 7.05 Å². The molecule has 0 amide bonds. The number of guanidine groups is 1. The van der Waals surface area contributed by atoms with Crippen LogP contribution in [0.5, 0.6) is 0 Å². The van der Waals surface area contributed by atoms with Crippen molar-refractivity contribution in [2.24, 2.45) is 4.99 Å². The van der Waals surface area contributed by atoms with Crippen LogP contribution in [0.4, 0.5) is 0 Å². The first-order chi connectivity index (χ1) is 12.5. The predicted octanol–water partition coefficient (Wildman–Crippen LogP) is 3.04. The van der Waals surface area contributed by atoms with Crippen LogP contribution in [-0.4, -0.2) is 46.5 Å². The summed E-state index contributed by atoms with van der Waals surface area (Å²) in [4.78, 5) is 4.15. The fourth-order valence-corrected chi connectivity index (χ4v) is 3.28. The van der Waals surface area contributed by atoms with Crippen molar-refractivity contribution < 1.29 is 8.42 Å². The summed E-state index contributed by atoms with van der Waals surface area (Å²) in [5, 5.41) is 6.31. The first-order valence-electron chi connectivity index (χ1n) is 8.72. The molecule has 0 bridgehead atoms. The lowest BCUT2D eigenvalue weighted by Crippen LogP contribution is -2.40. The SMILES string of the molecule is CN=C(NCCC(c1ccccc1)c1ccccc1)NCCS(C)(=O)=O.I. The molecule has 2 N–H and O–H groups in total. The van der Waals surface area contributed by atoms with E-state index in [1.807, 2.05) is 12.1 Å². The Kier molecular flexibility index (Phi) is 10.4. The lowest BCUT2D eigenvalue weighted by molar-refractivity contribution is 0.600. The molecule has 0 atom stereocenters. The smallest absolute Gasteiger partial charge is 0.191 e. The Labute approximate surface area is 179 Å². The maximum atomic E-state index is 11.2. The van der Waals surface area contributed by atoms with Crippen LogP contribution >= 0.6 is 24.0 Å². The molecule has 0 spiro atoms. The van der Waals surface area contributed by atoms with Gasteiger partial charge in [0.1, 0.15) is 9.84 Å². The Morgan fingerprint density at radius 2 is 1.41 bits per heavy atom. The minimum absolute atomic E-state index is 0. The highest BCUT2D eigenvalue weighted by Gasteiger charge is 2.13. The summed E-state index contributed by atoms with van der Waals surface area (Å²) < 4.78 is 22.4. The molecule has 7 heteroatoms. The number of hydrogen-bond donors (Lipinski definition) is 2. The van der Waals surface area contributed by atoms with Gasteiger partial charge in [-0.2, -0.15) is 0 Å². The molecule has 0 aliphatic heterocycles. The molecule has 0 unspecified atom stereocenters. The fourth-order valence-electron chi connectivity index (χ4n) is 2.81. The number of benzene rings is 2. The van der Waals surface area contributed by atoms with E-state index in [0.29, 0.717) is 18.4 Å². The van der Waals surface area contributed by atoms with Crippen molar-refractivity contribution in [3.63, 3.8) is 0 Å². The average molecular weight is 501 g/mol. The quantitative estimate of drug-likeness (QED) is 0.332. The number of rotatable bonds is 8. The van der Waals surface area contributed by atoms with Crippen LogP contribution in [0, 0.1) is 0 Å². The van der Waals surface area contributed by atoms with Crippen molar-refractivity contribution >= 4 is 39.8 Å². The number of aliphatic imine (C=N–C) groups is 1. The van der Waals surface area contributed by atoms with E-state index in [4.69, 9.17) is 0 Å². The second-order valence-corrected chi connectivity index (χ2v) is 8.48. The molecule has 2 aromatic carbocycles. The molecule has 0 aliphatic rings. The number of halogens is 1. The van der Waals surface area contributed by atoms with Gasteiger partial charge >= 0.3 is 0 Å². The standard InChI is InChI=1S/C20H27N3O2S.HI/c1-21-20(23-15-16-26(2,24)25)22-14-13-19(17-9-5-3-6-10-17)18-11-7-4-8-12-18;/h3-12,19H,13-16H2,1-2H3,(H2,21,22,23);1H. The number of nitrogens with zero attached hydrogens (tertiary/aromatic N) is 1. The van der Waals surface area contributed by atoms with Crippen LogP contribution in [0.1, 0.15) is 23.5 Å². The van der Waals surface area contributed by atoms with E-state index in [9.17, 15) is 8.42 Å². The normalized spacial score (nSPS) is 11.7. The minimum Gasteiger partial charge on any atom is -0.356 e. The van der Waals surface area contributed by atoms with Crippen LogP contribution in [0.2, 0.25) is 0 Å². The molecule has 0 fully saturated rings. The summed E-state index contributed by atoms with van der Waals surface area (Å²) in [6.07, 6.45) is 2.13. The summed E-state index contributed by atoms with van der Waals surface area (Å²) in [5.74, 6) is 0.997. The third-order valence-electron chi connectivity index (χ3n) is 4.12. The van der Waals surface area contributed by atoms with E-state index in [1.165, 1.54) is 17.4 Å². The zero-order chi connectivity index (χ0) is 18.8. The van der Waals surface area contributed by atoms with E-state index in [-0.39, 0.29) is 29.7 Å². The Hall–Kier alpha value is -1.61. The molecule has 0 aliphatic carbocycles. The van der Waals surface area contributed by atoms with Crippen molar-refractivity contribution in [1.82, 2.24) is 10.6 Å². The molecular weight excluding hydrogens is 473 g/mol. The van der Waals surface area contributed by atoms with Crippen LogP contribution in [0.15, 0.2) is 65.7 Å². The van der Waals surface area contributed by atoms with Crippen molar-refractivity contribution in [3.05, 3.63) is 71.8 Å². The van der Waals surface area contributed by atoms with Gasteiger partial charge in [0.25, 0.3) is 0 Å². The Morgan fingerprint density at radius 1 is 0.926 bits per heavy atom. The van der Waals surface area contributed by atoms with Gasteiger partial charge in [-0.3, -0.25) is 4.99 Å². The molecule has 5 nitrogen and oxygen atoms in total. The van der Waals surface area contributed by atoms with Gasteiger partial charge in [-0.1, -0.05) is 60.7 Å². The lowest BCUT2D eigenvalue weighted by Gasteiger charge is -2.19. The van der Waals surface area contributed by atoms with E-state index < -0.39 is 9.84 Å². The highest BCUT2D eigenvalue weighted by Crippen LogP contribution is 2.27. The fraction of sp³-hybridized carbons (Fsp3) is 0.350. The summed E-state index contributed by atoms with van der Waals surface area (Å²) in [5.41, 5.74) is 2.56. The molecule has 0 radical (unpaired) electrons. The first kappa shape index (κ1) is 23.4. The van der Waals surface area contributed by atoms with Gasteiger partial charge in [-0.15, -0.1) is 24.0 Å². The molecule has 0 aromatic heterocycles. The average Bonchev–Trinajstić information content (AvgIpc) is 2.64. The molecule has 2 aromatic rings. The minimum atomic E-state index is -2.98. The predicted molar refractivity (Wildman–Crippen MR) is 124 cm³/mol. The number of nitrogens with one attached hydrogen (secondary N) is 2. The van der Waals surface area contributed by atoms with Gasteiger partial charge in [0.15, 0.2) is 5.96 Å². The molecule has 0 saturated heterocycles.